The van der Waals surface area contributed by atoms with Crippen molar-refractivity contribution >= 4 is 0 Å². The highest BCUT2D eigenvalue weighted by atomic mass is 19.3. The molecule has 0 unspecified atom stereocenters. The van der Waals surface area contributed by atoms with Crippen molar-refractivity contribution in [2.45, 2.75) is 32.4 Å². The third kappa shape index (κ3) is 3.83. The standard InChI is InChI=1S/C11H15F2NO/c1-2-4-10(14)8-5-3-6-9(7-8)15-11(12)13/h3,5-7,10-11H,2,4,14H2,1H3/t10-/m0/s1. The Kier molecular flexibility index (Phi) is 4.49. The van der Waals surface area contributed by atoms with Crippen LogP contribution in [0.3, 0.4) is 0 Å². The Balaban J connectivity index is 2.73. The van der Waals surface area contributed by atoms with Gasteiger partial charge in [-0.1, -0.05) is 25.5 Å². The summed E-state index contributed by atoms with van der Waals surface area (Å²) in [4.78, 5) is 0. The predicted octanol–water partition coefficient (Wildman–Crippen LogP) is 3.09. The highest BCUT2D eigenvalue weighted by molar-refractivity contribution is 5.30. The van der Waals surface area contributed by atoms with E-state index in [-0.39, 0.29) is 11.8 Å². The molecule has 0 fully saturated rings. The summed E-state index contributed by atoms with van der Waals surface area (Å²) in [6, 6.07) is 6.43. The molecule has 0 heterocycles. The van der Waals surface area contributed by atoms with Crippen molar-refractivity contribution < 1.29 is 13.5 Å². The maximum Gasteiger partial charge on any atom is 0.387 e. The fourth-order valence-corrected chi connectivity index (χ4v) is 1.40. The molecule has 0 aliphatic heterocycles. The molecule has 0 aliphatic rings. The van der Waals surface area contributed by atoms with Crippen LogP contribution in [0, 0.1) is 0 Å². The van der Waals surface area contributed by atoms with Crippen LogP contribution in [-0.4, -0.2) is 6.61 Å². The van der Waals surface area contributed by atoms with E-state index in [9.17, 15) is 8.78 Å². The summed E-state index contributed by atoms with van der Waals surface area (Å²) in [6.07, 6.45) is 1.79. The van der Waals surface area contributed by atoms with Gasteiger partial charge < -0.3 is 10.5 Å². The van der Waals surface area contributed by atoms with Crippen molar-refractivity contribution in [3.63, 3.8) is 0 Å². The highest BCUT2D eigenvalue weighted by Crippen LogP contribution is 2.21. The minimum absolute atomic E-state index is 0.115. The van der Waals surface area contributed by atoms with E-state index in [1.807, 2.05) is 13.0 Å². The molecule has 0 radical (unpaired) electrons. The van der Waals surface area contributed by atoms with E-state index in [0.717, 1.165) is 18.4 Å². The van der Waals surface area contributed by atoms with Crippen LogP contribution < -0.4 is 10.5 Å². The Morgan fingerprint density at radius 2 is 2.13 bits per heavy atom. The summed E-state index contributed by atoms with van der Waals surface area (Å²) in [5.74, 6) is 0.161. The molecule has 2 N–H and O–H groups in total. The Labute approximate surface area is 88.0 Å². The molecular formula is C11H15F2NO. The van der Waals surface area contributed by atoms with Crippen molar-refractivity contribution in [2.24, 2.45) is 5.73 Å². The van der Waals surface area contributed by atoms with Crippen LogP contribution in [0.15, 0.2) is 24.3 Å². The molecule has 0 saturated heterocycles. The zero-order valence-electron chi connectivity index (χ0n) is 8.62. The highest BCUT2D eigenvalue weighted by Gasteiger charge is 2.08. The SMILES string of the molecule is CCC[C@H](N)c1cccc(OC(F)F)c1. The van der Waals surface area contributed by atoms with E-state index in [0.29, 0.717) is 0 Å². The molecule has 1 atom stereocenters. The molecule has 0 amide bonds. The van der Waals surface area contributed by atoms with Gasteiger partial charge in [0.1, 0.15) is 5.75 Å². The van der Waals surface area contributed by atoms with E-state index < -0.39 is 6.61 Å². The van der Waals surface area contributed by atoms with E-state index in [2.05, 4.69) is 4.74 Å². The summed E-state index contributed by atoms with van der Waals surface area (Å²) >= 11 is 0. The van der Waals surface area contributed by atoms with E-state index >= 15 is 0 Å². The molecule has 0 bridgehead atoms. The molecule has 84 valence electrons. The summed E-state index contributed by atoms with van der Waals surface area (Å²) in [7, 11) is 0. The summed E-state index contributed by atoms with van der Waals surface area (Å²) in [5.41, 5.74) is 6.69. The Bertz CT molecular complexity index is 304. The van der Waals surface area contributed by atoms with Crippen molar-refractivity contribution in [1.82, 2.24) is 0 Å². The summed E-state index contributed by atoms with van der Waals surface area (Å²) < 4.78 is 28.2. The average molecular weight is 215 g/mol. The van der Waals surface area contributed by atoms with Crippen molar-refractivity contribution in [1.29, 1.82) is 0 Å². The number of hydrogen-bond acceptors (Lipinski definition) is 2. The number of rotatable bonds is 5. The van der Waals surface area contributed by atoms with E-state index in [4.69, 9.17) is 5.73 Å². The topological polar surface area (TPSA) is 35.2 Å². The molecule has 2 nitrogen and oxygen atoms in total. The molecule has 0 aromatic heterocycles. The van der Waals surface area contributed by atoms with Gasteiger partial charge in [-0.25, -0.2) is 0 Å². The molecular weight excluding hydrogens is 200 g/mol. The van der Waals surface area contributed by atoms with Crippen LogP contribution >= 0.6 is 0 Å². The number of nitrogens with two attached hydrogens (primary N) is 1. The quantitative estimate of drug-likeness (QED) is 0.819. The van der Waals surface area contributed by atoms with Crippen molar-refractivity contribution in [2.75, 3.05) is 0 Å². The van der Waals surface area contributed by atoms with Gasteiger partial charge in [0.05, 0.1) is 0 Å². The summed E-state index contributed by atoms with van der Waals surface area (Å²) in [5, 5.41) is 0. The molecule has 0 saturated carbocycles. The van der Waals surface area contributed by atoms with Crippen LogP contribution in [0.4, 0.5) is 8.78 Å². The maximum absolute atomic E-state index is 11.9. The second kappa shape index (κ2) is 5.66. The van der Waals surface area contributed by atoms with Gasteiger partial charge >= 0.3 is 6.61 Å². The second-order valence-electron chi connectivity index (χ2n) is 3.35. The van der Waals surface area contributed by atoms with Gasteiger partial charge in [0, 0.05) is 6.04 Å². The lowest BCUT2D eigenvalue weighted by Gasteiger charge is -2.12. The lowest BCUT2D eigenvalue weighted by Crippen LogP contribution is -2.10. The van der Waals surface area contributed by atoms with Crippen LogP contribution in [0.2, 0.25) is 0 Å². The Hall–Kier alpha value is -1.16. The van der Waals surface area contributed by atoms with Crippen LogP contribution in [0.25, 0.3) is 0 Å². The van der Waals surface area contributed by atoms with Gasteiger partial charge in [0.15, 0.2) is 0 Å². The number of alkyl halides is 2. The van der Waals surface area contributed by atoms with Gasteiger partial charge in [-0.2, -0.15) is 8.78 Å². The Morgan fingerprint density at radius 1 is 1.40 bits per heavy atom. The molecule has 0 aliphatic carbocycles. The number of hydrogen-bond donors (Lipinski definition) is 1. The van der Waals surface area contributed by atoms with Crippen molar-refractivity contribution in [3.8, 4) is 5.75 Å². The van der Waals surface area contributed by atoms with Crippen LogP contribution in [0.5, 0.6) is 5.75 Å². The van der Waals surface area contributed by atoms with E-state index in [1.165, 1.54) is 6.07 Å². The zero-order chi connectivity index (χ0) is 11.3. The first kappa shape index (κ1) is 11.9. The van der Waals surface area contributed by atoms with Gasteiger partial charge in [-0.3, -0.25) is 0 Å². The second-order valence-corrected chi connectivity index (χ2v) is 3.35. The lowest BCUT2D eigenvalue weighted by molar-refractivity contribution is -0.0499. The summed E-state index contributed by atoms with van der Waals surface area (Å²) in [6.45, 7) is -0.762. The zero-order valence-corrected chi connectivity index (χ0v) is 8.62. The lowest BCUT2D eigenvalue weighted by atomic mass is 10.0. The molecule has 15 heavy (non-hydrogen) atoms. The number of ether oxygens (including phenoxy) is 1. The molecule has 1 rings (SSSR count). The monoisotopic (exact) mass is 215 g/mol. The van der Waals surface area contributed by atoms with Crippen LogP contribution in [0.1, 0.15) is 31.4 Å². The van der Waals surface area contributed by atoms with Crippen molar-refractivity contribution in [3.05, 3.63) is 29.8 Å². The normalized spacial score (nSPS) is 12.9. The maximum atomic E-state index is 11.9. The fourth-order valence-electron chi connectivity index (χ4n) is 1.40. The smallest absolute Gasteiger partial charge is 0.387 e. The van der Waals surface area contributed by atoms with Crippen LogP contribution in [-0.2, 0) is 0 Å². The first-order valence-corrected chi connectivity index (χ1v) is 4.93. The van der Waals surface area contributed by atoms with E-state index in [1.54, 1.807) is 12.1 Å². The number of halogens is 2. The average Bonchev–Trinajstić information content (AvgIpc) is 2.17. The number of benzene rings is 1. The van der Waals surface area contributed by atoms with Gasteiger partial charge in [0.2, 0.25) is 0 Å². The first-order chi connectivity index (χ1) is 7.13. The van der Waals surface area contributed by atoms with Gasteiger partial charge in [0.25, 0.3) is 0 Å². The largest absolute Gasteiger partial charge is 0.435 e. The predicted molar refractivity (Wildman–Crippen MR) is 54.9 cm³/mol. The molecule has 4 heteroatoms. The molecule has 1 aromatic carbocycles. The third-order valence-corrected chi connectivity index (χ3v) is 2.11. The molecule has 1 aromatic rings. The first-order valence-electron chi connectivity index (χ1n) is 4.93. The van der Waals surface area contributed by atoms with Gasteiger partial charge in [-0.05, 0) is 24.1 Å². The minimum atomic E-state index is -2.79. The fraction of sp³-hybridized carbons (Fsp3) is 0.455. The Morgan fingerprint density at radius 3 is 2.73 bits per heavy atom. The third-order valence-electron chi connectivity index (χ3n) is 2.11. The van der Waals surface area contributed by atoms with Gasteiger partial charge in [-0.15, -0.1) is 0 Å². The molecule has 0 spiro atoms. The minimum Gasteiger partial charge on any atom is -0.435 e.